The van der Waals surface area contributed by atoms with Crippen LogP contribution in [0.2, 0.25) is 5.02 Å². The van der Waals surface area contributed by atoms with Gasteiger partial charge in [-0.2, -0.15) is 0 Å². The van der Waals surface area contributed by atoms with Gasteiger partial charge in [0.2, 0.25) is 0 Å². The quantitative estimate of drug-likeness (QED) is 0.879. The van der Waals surface area contributed by atoms with Crippen molar-refractivity contribution in [3.63, 3.8) is 0 Å². The second kappa shape index (κ2) is 6.03. The molecule has 1 unspecified atom stereocenters. The number of benzene rings is 1. The lowest BCUT2D eigenvalue weighted by Gasteiger charge is -2.23. The van der Waals surface area contributed by atoms with Crippen molar-refractivity contribution >= 4 is 44.9 Å². The van der Waals surface area contributed by atoms with Crippen molar-refractivity contribution in [3.05, 3.63) is 34.2 Å². The van der Waals surface area contributed by atoms with Gasteiger partial charge in [0.25, 0.3) is 5.91 Å². The van der Waals surface area contributed by atoms with E-state index in [0.717, 1.165) is 10.1 Å². The van der Waals surface area contributed by atoms with Crippen molar-refractivity contribution < 1.29 is 14.7 Å². The van der Waals surface area contributed by atoms with Crippen molar-refractivity contribution in [3.8, 4) is 0 Å². The summed E-state index contributed by atoms with van der Waals surface area (Å²) in [7, 11) is 0. The van der Waals surface area contributed by atoms with Gasteiger partial charge < -0.3 is 10.4 Å². The van der Waals surface area contributed by atoms with Crippen LogP contribution in [0.15, 0.2) is 24.3 Å². The molecule has 1 aromatic heterocycles. The predicted molar refractivity (Wildman–Crippen MR) is 85.2 cm³/mol. The Labute approximate surface area is 131 Å². The minimum absolute atomic E-state index is 0.0717. The molecule has 6 heteroatoms. The molecule has 1 aromatic carbocycles. The number of amides is 1. The molecule has 0 radical (unpaired) electrons. The molecular formula is C15H16ClNO3S. The zero-order valence-electron chi connectivity index (χ0n) is 11.8. The molecule has 2 aromatic rings. The third-order valence-electron chi connectivity index (χ3n) is 3.68. The first-order chi connectivity index (χ1) is 9.89. The number of carbonyl (C=O) groups is 2. The van der Waals surface area contributed by atoms with Crippen molar-refractivity contribution in [2.75, 3.05) is 6.54 Å². The first-order valence-corrected chi connectivity index (χ1v) is 7.77. The Morgan fingerprint density at radius 1 is 1.38 bits per heavy atom. The van der Waals surface area contributed by atoms with Crippen LogP contribution in [0.5, 0.6) is 0 Å². The van der Waals surface area contributed by atoms with Crippen LogP contribution in [0, 0.1) is 5.41 Å². The highest BCUT2D eigenvalue weighted by atomic mass is 35.5. The number of halogens is 1. The van der Waals surface area contributed by atoms with E-state index in [0.29, 0.717) is 16.3 Å². The average Bonchev–Trinajstić information content (AvgIpc) is 2.82. The van der Waals surface area contributed by atoms with Gasteiger partial charge in [0.05, 0.1) is 10.4 Å². The van der Waals surface area contributed by atoms with E-state index in [1.54, 1.807) is 13.8 Å². The average molecular weight is 326 g/mol. The standard InChI is InChI=1S/C15H16ClNO3S/c1-3-15(2,14(19)20)8-17-13(18)12-11(16)9-6-4-5-7-10(9)21-12/h4-7H,3,8H2,1-2H3,(H,17,18)(H,19,20). The van der Waals surface area contributed by atoms with Crippen LogP contribution in [0.25, 0.3) is 10.1 Å². The summed E-state index contributed by atoms with van der Waals surface area (Å²) in [4.78, 5) is 23.9. The number of carboxylic acids is 1. The van der Waals surface area contributed by atoms with Crippen LogP contribution in [-0.4, -0.2) is 23.5 Å². The van der Waals surface area contributed by atoms with E-state index in [2.05, 4.69) is 5.32 Å². The molecular weight excluding hydrogens is 310 g/mol. The smallest absolute Gasteiger partial charge is 0.311 e. The number of hydrogen-bond acceptors (Lipinski definition) is 3. The Bertz CT molecular complexity index is 697. The summed E-state index contributed by atoms with van der Waals surface area (Å²) in [6, 6.07) is 7.51. The SMILES string of the molecule is CCC(C)(CNC(=O)c1sc2ccccc2c1Cl)C(=O)O. The fourth-order valence-electron chi connectivity index (χ4n) is 1.87. The molecule has 0 spiro atoms. The number of fused-ring (bicyclic) bond motifs is 1. The number of aliphatic carboxylic acids is 1. The minimum atomic E-state index is -0.973. The Hall–Kier alpha value is -1.59. The summed E-state index contributed by atoms with van der Waals surface area (Å²) in [6.45, 7) is 3.47. The molecule has 0 aliphatic heterocycles. The number of thiophene rings is 1. The summed E-state index contributed by atoms with van der Waals surface area (Å²) >= 11 is 7.54. The van der Waals surface area contributed by atoms with Gasteiger partial charge in [-0.25, -0.2) is 0 Å². The summed E-state index contributed by atoms with van der Waals surface area (Å²) in [6.07, 6.45) is 0.433. The minimum Gasteiger partial charge on any atom is -0.481 e. The highest BCUT2D eigenvalue weighted by molar-refractivity contribution is 7.21. The van der Waals surface area contributed by atoms with Crippen LogP contribution in [0.3, 0.4) is 0 Å². The van der Waals surface area contributed by atoms with E-state index in [4.69, 9.17) is 11.6 Å². The lowest BCUT2D eigenvalue weighted by atomic mass is 9.88. The van der Waals surface area contributed by atoms with E-state index in [1.807, 2.05) is 24.3 Å². The van der Waals surface area contributed by atoms with Crippen LogP contribution < -0.4 is 5.32 Å². The molecule has 21 heavy (non-hydrogen) atoms. The van der Waals surface area contributed by atoms with Crippen molar-refractivity contribution in [1.29, 1.82) is 0 Å². The fourth-order valence-corrected chi connectivity index (χ4v) is 3.30. The molecule has 0 saturated carbocycles. The first-order valence-electron chi connectivity index (χ1n) is 6.57. The Balaban J connectivity index is 2.20. The lowest BCUT2D eigenvalue weighted by molar-refractivity contribution is -0.147. The second-order valence-electron chi connectivity index (χ2n) is 5.14. The summed E-state index contributed by atoms with van der Waals surface area (Å²) in [5.74, 6) is -1.25. The normalized spacial score (nSPS) is 13.9. The van der Waals surface area contributed by atoms with Gasteiger partial charge in [-0.15, -0.1) is 11.3 Å². The van der Waals surface area contributed by atoms with Crippen molar-refractivity contribution in [2.45, 2.75) is 20.3 Å². The lowest BCUT2D eigenvalue weighted by Crippen LogP contribution is -2.40. The van der Waals surface area contributed by atoms with Crippen molar-refractivity contribution in [1.82, 2.24) is 5.32 Å². The number of nitrogens with one attached hydrogen (secondary N) is 1. The molecule has 0 bridgehead atoms. The summed E-state index contributed by atoms with van der Waals surface area (Å²) in [5.41, 5.74) is -0.973. The van der Waals surface area contributed by atoms with E-state index in [1.165, 1.54) is 11.3 Å². The van der Waals surface area contributed by atoms with Gasteiger partial charge in [0.15, 0.2) is 0 Å². The maximum atomic E-state index is 12.2. The van der Waals surface area contributed by atoms with Gasteiger partial charge in [-0.1, -0.05) is 36.7 Å². The second-order valence-corrected chi connectivity index (χ2v) is 6.57. The Morgan fingerprint density at radius 3 is 2.62 bits per heavy atom. The number of carbonyl (C=O) groups excluding carboxylic acids is 1. The molecule has 112 valence electrons. The number of rotatable bonds is 5. The maximum Gasteiger partial charge on any atom is 0.311 e. The Morgan fingerprint density at radius 2 is 2.05 bits per heavy atom. The predicted octanol–water partition coefficient (Wildman–Crippen LogP) is 3.79. The number of carboxylic acid groups (broad SMARTS) is 1. The van der Waals surface area contributed by atoms with Crippen LogP contribution in [0.4, 0.5) is 0 Å². The molecule has 1 heterocycles. The van der Waals surface area contributed by atoms with E-state index in [-0.39, 0.29) is 12.5 Å². The largest absolute Gasteiger partial charge is 0.481 e. The van der Waals surface area contributed by atoms with Gasteiger partial charge in [0.1, 0.15) is 4.88 Å². The molecule has 4 nitrogen and oxygen atoms in total. The topological polar surface area (TPSA) is 66.4 Å². The molecule has 2 rings (SSSR count). The zero-order chi connectivity index (χ0) is 15.6. The molecule has 1 amide bonds. The van der Waals surface area contributed by atoms with Crippen LogP contribution >= 0.6 is 22.9 Å². The summed E-state index contributed by atoms with van der Waals surface area (Å²) in [5, 5.41) is 13.1. The Kier molecular flexibility index (Phi) is 4.54. The first kappa shape index (κ1) is 15.8. The van der Waals surface area contributed by atoms with E-state index < -0.39 is 11.4 Å². The zero-order valence-corrected chi connectivity index (χ0v) is 13.3. The van der Waals surface area contributed by atoms with Gasteiger partial charge in [0, 0.05) is 16.6 Å². The van der Waals surface area contributed by atoms with Crippen molar-refractivity contribution in [2.24, 2.45) is 5.41 Å². The molecule has 0 aliphatic rings. The van der Waals surface area contributed by atoms with Gasteiger partial charge in [-0.3, -0.25) is 9.59 Å². The fraction of sp³-hybridized carbons (Fsp3) is 0.333. The maximum absolute atomic E-state index is 12.2. The molecule has 0 fully saturated rings. The third kappa shape index (κ3) is 3.04. The van der Waals surface area contributed by atoms with E-state index >= 15 is 0 Å². The highest BCUT2D eigenvalue weighted by Gasteiger charge is 2.32. The van der Waals surface area contributed by atoms with Gasteiger partial charge in [-0.05, 0) is 19.4 Å². The monoisotopic (exact) mass is 325 g/mol. The van der Waals surface area contributed by atoms with E-state index in [9.17, 15) is 14.7 Å². The molecule has 0 saturated heterocycles. The van der Waals surface area contributed by atoms with Crippen LogP contribution in [0.1, 0.15) is 29.9 Å². The summed E-state index contributed by atoms with van der Waals surface area (Å²) < 4.78 is 0.934. The van der Waals surface area contributed by atoms with Crippen LogP contribution in [-0.2, 0) is 4.79 Å². The molecule has 1 atom stereocenters. The third-order valence-corrected chi connectivity index (χ3v) is 5.35. The molecule has 2 N–H and O–H groups in total. The van der Waals surface area contributed by atoms with Gasteiger partial charge >= 0.3 is 5.97 Å². The molecule has 0 aliphatic carbocycles. The highest BCUT2D eigenvalue weighted by Crippen LogP contribution is 2.35. The number of hydrogen-bond donors (Lipinski definition) is 2.